The predicted octanol–water partition coefficient (Wildman–Crippen LogP) is 6.15. The second kappa shape index (κ2) is 21.7. The van der Waals surface area contributed by atoms with Gasteiger partial charge in [-0.1, -0.05) is 55.7 Å². The molecule has 1 saturated carbocycles. The number of ether oxygens (including phenoxy) is 2. The van der Waals surface area contributed by atoms with Crippen LogP contribution in [0.3, 0.4) is 0 Å². The van der Waals surface area contributed by atoms with E-state index in [2.05, 4.69) is 15.5 Å². The van der Waals surface area contributed by atoms with Crippen molar-refractivity contribution in [3.05, 3.63) is 89.5 Å². The van der Waals surface area contributed by atoms with E-state index in [0.29, 0.717) is 59.7 Å². The zero-order valence-corrected chi connectivity index (χ0v) is 35.7. The Balaban J connectivity index is 1.19. The number of aliphatic hydroxyl groups is 1. The fraction of sp³-hybridized carbons (Fsp3) is 0.522. The number of aliphatic carboxylic acids is 1. The van der Waals surface area contributed by atoms with E-state index in [4.69, 9.17) is 20.3 Å². The van der Waals surface area contributed by atoms with Gasteiger partial charge >= 0.3 is 11.9 Å². The summed E-state index contributed by atoms with van der Waals surface area (Å²) in [4.78, 5) is 54.7. The van der Waals surface area contributed by atoms with Gasteiger partial charge in [-0.3, -0.25) is 24.1 Å². The summed E-state index contributed by atoms with van der Waals surface area (Å²) in [5.74, 6) is 0.413. The topological polar surface area (TPSA) is 181 Å². The molecule has 2 fully saturated rings. The quantitative estimate of drug-likeness (QED) is 0.0405. The molecular formula is C46H62N4O8S. The second-order valence-corrected chi connectivity index (χ2v) is 18.1. The van der Waals surface area contributed by atoms with Gasteiger partial charge in [0.2, 0.25) is 5.91 Å². The fourth-order valence-electron chi connectivity index (χ4n) is 7.96. The number of nitrogens with two attached hydrogens (primary N) is 1. The summed E-state index contributed by atoms with van der Waals surface area (Å²) in [7, 11) is 0. The molecular weight excluding hydrogens is 769 g/mol. The average Bonchev–Trinajstić information content (AvgIpc) is 3.20. The number of nitrogens with zero attached hydrogens (tertiary/aromatic N) is 1. The number of hydrogen-bond acceptors (Lipinski definition) is 10. The highest BCUT2D eigenvalue weighted by atomic mass is 32.2. The summed E-state index contributed by atoms with van der Waals surface area (Å²) in [6.07, 6.45) is 5.92. The van der Waals surface area contributed by atoms with Crippen LogP contribution in [0.15, 0.2) is 77.7 Å². The molecule has 1 saturated heterocycles. The number of likely N-dealkylation sites (tertiary alicyclic amines) is 1. The van der Waals surface area contributed by atoms with Gasteiger partial charge in [0.25, 0.3) is 5.91 Å². The zero-order valence-electron chi connectivity index (χ0n) is 34.9. The fourth-order valence-corrected chi connectivity index (χ4v) is 8.99. The van der Waals surface area contributed by atoms with E-state index in [0.717, 1.165) is 36.3 Å². The highest BCUT2D eigenvalue weighted by molar-refractivity contribution is 7.99. The summed E-state index contributed by atoms with van der Waals surface area (Å²) in [5.41, 5.74) is 6.88. The molecule has 2 aliphatic rings. The van der Waals surface area contributed by atoms with Gasteiger partial charge < -0.3 is 36.1 Å². The van der Waals surface area contributed by atoms with Crippen molar-refractivity contribution in [3.8, 4) is 11.5 Å². The number of carboxylic acid groups (broad SMARTS) is 1. The SMILES string of the molecule is Cc1c(OC(=O)CCCCOc2ccc(C[C@H](N)C(=O)O)cc2)cccc1C(=O)N[C@@H](CSc1ccccc1)[C@H](O)CN1C[C@H]2CCCCC2C[C@H]1C(=O)NC(C)(C)C. The summed E-state index contributed by atoms with van der Waals surface area (Å²) in [6, 6.07) is 20.0. The minimum absolute atomic E-state index is 0.0206. The maximum Gasteiger partial charge on any atom is 0.320 e. The Kier molecular flexibility index (Phi) is 16.8. The van der Waals surface area contributed by atoms with Crippen LogP contribution < -0.4 is 25.8 Å². The van der Waals surface area contributed by atoms with Crippen LogP contribution >= 0.6 is 11.8 Å². The summed E-state index contributed by atoms with van der Waals surface area (Å²) >= 11 is 1.54. The smallest absolute Gasteiger partial charge is 0.320 e. The largest absolute Gasteiger partial charge is 0.494 e. The van der Waals surface area contributed by atoms with Crippen LogP contribution in [0, 0.1) is 18.8 Å². The molecule has 0 bridgehead atoms. The number of carbonyl (C=O) groups is 4. The van der Waals surface area contributed by atoms with Gasteiger partial charge in [-0.2, -0.15) is 0 Å². The van der Waals surface area contributed by atoms with Crippen LogP contribution in [-0.2, 0) is 20.8 Å². The minimum atomic E-state index is -1.05. The van der Waals surface area contributed by atoms with Crippen LogP contribution in [0.5, 0.6) is 11.5 Å². The molecule has 1 aliphatic heterocycles. The number of hydrogen-bond donors (Lipinski definition) is 5. The first-order chi connectivity index (χ1) is 28.2. The number of β-amino-alcohol motifs (C(OH)–C–C–N with tert-alkyl or cyclic N) is 1. The molecule has 13 heteroatoms. The number of unbranched alkanes of at least 4 members (excludes halogenated alkanes) is 1. The van der Waals surface area contributed by atoms with Crippen molar-refractivity contribution in [1.82, 2.24) is 15.5 Å². The lowest BCUT2D eigenvalue weighted by molar-refractivity contribution is -0.138. The number of nitrogens with one attached hydrogen (secondary N) is 2. The number of rotatable bonds is 19. The Morgan fingerprint density at radius 1 is 0.949 bits per heavy atom. The van der Waals surface area contributed by atoms with Gasteiger partial charge in [0.1, 0.15) is 17.5 Å². The maximum absolute atomic E-state index is 14.0. The lowest BCUT2D eigenvalue weighted by atomic mass is 9.72. The Bertz CT molecular complexity index is 1850. The Morgan fingerprint density at radius 2 is 1.66 bits per heavy atom. The first kappa shape index (κ1) is 45.7. The number of thioether (sulfide) groups is 1. The molecule has 3 aromatic carbocycles. The number of carbonyl (C=O) groups excluding carboxylic acids is 3. The first-order valence-electron chi connectivity index (χ1n) is 20.9. The van der Waals surface area contributed by atoms with Gasteiger partial charge in [-0.05, 0) is 114 Å². The molecule has 1 aliphatic carbocycles. The van der Waals surface area contributed by atoms with Crippen molar-refractivity contribution in [2.75, 3.05) is 25.4 Å². The lowest BCUT2D eigenvalue weighted by Gasteiger charge is -2.47. The van der Waals surface area contributed by atoms with Crippen molar-refractivity contribution in [2.45, 2.75) is 120 Å². The molecule has 1 unspecified atom stereocenters. The van der Waals surface area contributed by atoms with Crippen molar-refractivity contribution in [2.24, 2.45) is 17.6 Å². The van der Waals surface area contributed by atoms with Gasteiger partial charge in [0.15, 0.2) is 0 Å². The van der Waals surface area contributed by atoms with E-state index < -0.39 is 30.1 Å². The monoisotopic (exact) mass is 830 g/mol. The molecule has 2 amide bonds. The number of amides is 2. The van der Waals surface area contributed by atoms with Crippen LogP contribution in [0.2, 0.25) is 0 Å². The first-order valence-corrected chi connectivity index (χ1v) is 21.9. The molecule has 6 N–H and O–H groups in total. The third-order valence-electron chi connectivity index (χ3n) is 11.2. The molecule has 320 valence electrons. The number of esters is 1. The maximum atomic E-state index is 14.0. The van der Waals surface area contributed by atoms with Crippen LogP contribution in [0.4, 0.5) is 0 Å². The van der Waals surface area contributed by atoms with Crippen molar-refractivity contribution in [1.29, 1.82) is 0 Å². The number of piperidine rings is 1. The second-order valence-electron chi connectivity index (χ2n) is 17.0. The molecule has 6 atom stereocenters. The summed E-state index contributed by atoms with van der Waals surface area (Å²) < 4.78 is 11.5. The molecule has 1 heterocycles. The van der Waals surface area contributed by atoms with Gasteiger partial charge in [0, 0.05) is 46.8 Å². The van der Waals surface area contributed by atoms with Crippen molar-refractivity contribution >= 4 is 35.5 Å². The van der Waals surface area contributed by atoms with E-state index in [1.807, 2.05) is 51.1 Å². The molecule has 12 nitrogen and oxygen atoms in total. The third-order valence-corrected chi connectivity index (χ3v) is 12.3. The molecule has 5 rings (SSSR count). The van der Waals surface area contributed by atoms with Gasteiger partial charge in [-0.15, -0.1) is 11.8 Å². The number of benzene rings is 3. The van der Waals surface area contributed by atoms with Crippen molar-refractivity contribution in [3.63, 3.8) is 0 Å². The minimum Gasteiger partial charge on any atom is -0.494 e. The van der Waals surface area contributed by atoms with Crippen LogP contribution in [0.1, 0.15) is 93.6 Å². The Labute approximate surface area is 353 Å². The predicted molar refractivity (Wildman–Crippen MR) is 230 cm³/mol. The Morgan fingerprint density at radius 3 is 2.36 bits per heavy atom. The molecule has 0 aromatic heterocycles. The van der Waals surface area contributed by atoms with E-state index in [1.54, 1.807) is 61.2 Å². The standard InChI is InChI=1S/C46H62N4O8S/c1-30-36(17-12-18-41(30)58-42(52)19-10-11-24-57-34-22-20-31(21-23-34)25-37(47)45(55)56)43(53)48-38(29-59-35-15-6-5-7-16-35)40(51)28-50-27-33-14-9-8-13-32(33)26-39(50)44(54)49-46(2,3)4/h5-7,12,15-18,20-23,32-33,37-40,51H,8-11,13-14,19,24-29,47H2,1-4H3,(H,48,53)(H,49,54)(H,55,56)/t32?,33-,37+,38+,39+,40-/m1/s1. The van der Waals surface area contributed by atoms with E-state index in [-0.39, 0.29) is 42.8 Å². The lowest BCUT2D eigenvalue weighted by Crippen LogP contribution is -2.60. The molecule has 3 aromatic rings. The molecule has 59 heavy (non-hydrogen) atoms. The Hall–Kier alpha value is -4.43. The van der Waals surface area contributed by atoms with Crippen LogP contribution in [0.25, 0.3) is 0 Å². The number of aliphatic hydroxyl groups excluding tert-OH is 1. The number of carboxylic acids is 1. The zero-order chi connectivity index (χ0) is 42.5. The highest BCUT2D eigenvalue weighted by Gasteiger charge is 2.42. The van der Waals surface area contributed by atoms with Gasteiger partial charge in [-0.25, -0.2) is 0 Å². The van der Waals surface area contributed by atoms with Crippen molar-refractivity contribution < 1.29 is 38.9 Å². The molecule has 0 spiro atoms. The normalized spacial score (nSPS) is 19.7. The summed E-state index contributed by atoms with van der Waals surface area (Å²) in [6.45, 7) is 9.04. The molecule has 0 radical (unpaired) electrons. The average molecular weight is 831 g/mol. The summed E-state index contributed by atoms with van der Waals surface area (Å²) in [5, 5.41) is 27.2. The van der Waals surface area contributed by atoms with Gasteiger partial charge in [0.05, 0.1) is 24.8 Å². The third kappa shape index (κ3) is 14.1. The highest BCUT2D eigenvalue weighted by Crippen LogP contribution is 2.39. The van der Waals surface area contributed by atoms with E-state index in [1.165, 1.54) is 12.8 Å². The van der Waals surface area contributed by atoms with Crippen LogP contribution in [-0.4, -0.2) is 94.1 Å². The van der Waals surface area contributed by atoms with E-state index in [9.17, 15) is 24.3 Å². The number of fused-ring (bicyclic) bond motifs is 1. The van der Waals surface area contributed by atoms with E-state index >= 15 is 0 Å².